The lowest BCUT2D eigenvalue weighted by atomic mass is 9.90. The van der Waals surface area contributed by atoms with Gasteiger partial charge >= 0.3 is 0 Å². The number of sulfone groups is 1. The van der Waals surface area contributed by atoms with Crippen molar-refractivity contribution in [3.05, 3.63) is 24.3 Å². The molecular formula is C17H22N2O4S. The van der Waals surface area contributed by atoms with Crippen molar-refractivity contribution in [3.8, 4) is 0 Å². The molecule has 0 spiro atoms. The number of likely N-dealkylation sites (tertiary alicyclic amines) is 1. The molecule has 1 aliphatic heterocycles. The minimum Gasteiger partial charge on any atom is -0.382 e. The van der Waals surface area contributed by atoms with Gasteiger partial charge in [0.15, 0.2) is 9.84 Å². The van der Waals surface area contributed by atoms with Crippen molar-refractivity contribution in [2.75, 3.05) is 11.6 Å². The number of hydrogen-bond donors (Lipinski definition) is 1. The van der Waals surface area contributed by atoms with E-state index in [1.807, 2.05) is 0 Å². The van der Waals surface area contributed by atoms with Crippen molar-refractivity contribution in [1.29, 1.82) is 0 Å². The van der Waals surface area contributed by atoms with E-state index in [1.54, 1.807) is 24.3 Å². The zero-order valence-electron chi connectivity index (χ0n) is 13.7. The maximum atomic E-state index is 11.8. The second kappa shape index (κ2) is 6.55. The lowest BCUT2D eigenvalue weighted by Crippen LogP contribution is -2.43. The van der Waals surface area contributed by atoms with Crippen LogP contribution in [-0.2, 0) is 19.4 Å². The van der Waals surface area contributed by atoms with E-state index in [4.69, 9.17) is 0 Å². The summed E-state index contributed by atoms with van der Waals surface area (Å²) >= 11 is 0. The second-order valence-electron chi connectivity index (χ2n) is 6.60. The summed E-state index contributed by atoms with van der Waals surface area (Å²) in [5, 5.41) is 3.41. The first-order valence-electron chi connectivity index (χ1n) is 8.26. The van der Waals surface area contributed by atoms with Crippen LogP contribution >= 0.6 is 0 Å². The normalized spacial score (nSPS) is 25.1. The first-order valence-corrected chi connectivity index (χ1v) is 10.2. The molecule has 6 nitrogen and oxygen atoms in total. The Morgan fingerprint density at radius 3 is 2.00 bits per heavy atom. The molecule has 0 bridgehead atoms. The highest BCUT2D eigenvalue weighted by Crippen LogP contribution is 2.29. The largest absolute Gasteiger partial charge is 0.382 e. The summed E-state index contributed by atoms with van der Waals surface area (Å²) in [4.78, 5) is 25.4. The molecule has 1 aromatic rings. The van der Waals surface area contributed by atoms with Crippen molar-refractivity contribution in [2.24, 2.45) is 0 Å². The Morgan fingerprint density at radius 1 is 0.958 bits per heavy atom. The van der Waals surface area contributed by atoms with E-state index in [9.17, 15) is 18.0 Å². The zero-order valence-corrected chi connectivity index (χ0v) is 14.5. The molecule has 0 radical (unpaired) electrons. The van der Waals surface area contributed by atoms with E-state index < -0.39 is 9.84 Å². The van der Waals surface area contributed by atoms with E-state index in [-0.39, 0.29) is 23.9 Å². The van der Waals surface area contributed by atoms with Gasteiger partial charge in [-0.3, -0.25) is 14.5 Å². The summed E-state index contributed by atoms with van der Waals surface area (Å²) < 4.78 is 22.9. The van der Waals surface area contributed by atoms with Gasteiger partial charge in [-0.1, -0.05) is 0 Å². The van der Waals surface area contributed by atoms with E-state index in [1.165, 1.54) is 11.2 Å². The summed E-state index contributed by atoms with van der Waals surface area (Å²) in [6, 6.07) is 7.07. The van der Waals surface area contributed by atoms with Gasteiger partial charge in [0.1, 0.15) is 0 Å². The Balaban J connectivity index is 1.56. The van der Waals surface area contributed by atoms with Crippen LogP contribution in [0.15, 0.2) is 29.2 Å². The average molecular weight is 350 g/mol. The fourth-order valence-electron chi connectivity index (χ4n) is 3.51. The number of hydrogen-bond acceptors (Lipinski definition) is 5. The summed E-state index contributed by atoms with van der Waals surface area (Å²) in [6.45, 7) is 0. The lowest BCUT2D eigenvalue weighted by Gasteiger charge is -2.34. The van der Waals surface area contributed by atoms with Gasteiger partial charge in [-0.15, -0.1) is 0 Å². The van der Waals surface area contributed by atoms with Crippen molar-refractivity contribution >= 4 is 27.3 Å². The molecular weight excluding hydrogens is 328 g/mol. The van der Waals surface area contributed by atoms with E-state index in [0.717, 1.165) is 31.4 Å². The minimum absolute atomic E-state index is 0.0345. The molecule has 0 unspecified atom stereocenters. The topological polar surface area (TPSA) is 83.6 Å². The molecule has 1 aromatic carbocycles. The van der Waals surface area contributed by atoms with Crippen LogP contribution < -0.4 is 5.32 Å². The Kier molecular flexibility index (Phi) is 4.62. The molecule has 24 heavy (non-hydrogen) atoms. The molecule has 2 aliphatic rings. The standard InChI is InChI=1S/C17H22N2O4S/c1-24(22,23)15-8-4-13(5-9-15)18-12-2-6-14(7-3-12)19-16(20)10-11-17(19)21/h4-5,8-9,12,14,18H,2-3,6-7,10-11H2,1H3. The number of rotatable bonds is 4. The third-order valence-corrected chi connectivity index (χ3v) is 5.93. The lowest BCUT2D eigenvalue weighted by molar-refractivity contribution is -0.141. The molecule has 3 rings (SSSR count). The number of nitrogens with one attached hydrogen (secondary N) is 1. The Morgan fingerprint density at radius 2 is 1.50 bits per heavy atom. The third-order valence-electron chi connectivity index (χ3n) is 4.81. The highest BCUT2D eigenvalue weighted by atomic mass is 32.2. The molecule has 1 N–H and O–H groups in total. The molecule has 1 saturated heterocycles. The van der Waals surface area contributed by atoms with Crippen LogP contribution in [0.4, 0.5) is 5.69 Å². The number of carbonyl (C=O) groups is 2. The van der Waals surface area contributed by atoms with Crippen LogP contribution in [0.5, 0.6) is 0 Å². The Hall–Kier alpha value is -1.89. The van der Waals surface area contributed by atoms with Crippen LogP contribution in [0.25, 0.3) is 0 Å². The van der Waals surface area contributed by atoms with Gasteiger partial charge in [0.05, 0.1) is 4.90 Å². The monoisotopic (exact) mass is 350 g/mol. The van der Waals surface area contributed by atoms with Gasteiger partial charge in [0.25, 0.3) is 0 Å². The molecule has 2 amide bonds. The maximum absolute atomic E-state index is 11.8. The third kappa shape index (κ3) is 3.61. The summed E-state index contributed by atoms with van der Waals surface area (Å²) in [6.07, 6.45) is 5.29. The number of anilines is 1. The number of benzene rings is 1. The van der Waals surface area contributed by atoms with E-state index in [2.05, 4.69) is 5.32 Å². The zero-order chi connectivity index (χ0) is 17.3. The number of amides is 2. The molecule has 1 aliphatic carbocycles. The van der Waals surface area contributed by atoms with Crippen molar-refractivity contribution in [3.63, 3.8) is 0 Å². The highest BCUT2D eigenvalue weighted by Gasteiger charge is 2.36. The van der Waals surface area contributed by atoms with Crippen molar-refractivity contribution < 1.29 is 18.0 Å². The maximum Gasteiger partial charge on any atom is 0.229 e. The van der Waals surface area contributed by atoms with E-state index >= 15 is 0 Å². The quantitative estimate of drug-likeness (QED) is 0.839. The predicted molar refractivity (Wildman–Crippen MR) is 90.3 cm³/mol. The van der Waals surface area contributed by atoms with Gasteiger partial charge in [-0.05, 0) is 49.9 Å². The summed E-state index contributed by atoms with van der Waals surface area (Å²) in [5.74, 6) is -0.0689. The Bertz CT molecular complexity index is 718. The Labute approximate surface area is 142 Å². The van der Waals surface area contributed by atoms with Gasteiger partial charge in [0.2, 0.25) is 11.8 Å². The van der Waals surface area contributed by atoms with Gasteiger partial charge in [-0.2, -0.15) is 0 Å². The SMILES string of the molecule is CS(=O)(=O)c1ccc(NC2CCC(N3C(=O)CCC3=O)CC2)cc1. The van der Waals surface area contributed by atoms with E-state index in [0.29, 0.717) is 17.7 Å². The second-order valence-corrected chi connectivity index (χ2v) is 8.62. The molecule has 1 saturated carbocycles. The molecule has 0 atom stereocenters. The predicted octanol–water partition coefficient (Wildman–Crippen LogP) is 1.96. The molecule has 7 heteroatoms. The minimum atomic E-state index is -3.18. The smallest absolute Gasteiger partial charge is 0.229 e. The fourth-order valence-corrected chi connectivity index (χ4v) is 4.14. The highest BCUT2D eigenvalue weighted by molar-refractivity contribution is 7.90. The molecule has 130 valence electrons. The van der Waals surface area contributed by atoms with Gasteiger partial charge < -0.3 is 5.32 Å². The van der Waals surface area contributed by atoms with Crippen LogP contribution in [0, 0.1) is 0 Å². The molecule has 0 aromatic heterocycles. The van der Waals surface area contributed by atoms with Gasteiger partial charge in [-0.25, -0.2) is 8.42 Å². The number of nitrogens with zero attached hydrogens (tertiary/aromatic N) is 1. The van der Waals surface area contributed by atoms with Crippen LogP contribution in [-0.4, -0.2) is 43.5 Å². The summed E-state index contributed by atoms with van der Waals surface area (Å²) in [5.41, 5.74) is 0.888. The average Bonchev–Trinajstić information content (AvgIpc) is 2.87. The summed E-state index contributed by atoms with van der Waals surface area (Å²) in [7, 11) is -3.18. The van der Waals surface area contributed by atoms with Crippen LogP contribution in [0.2, 0.25) is 0 Å². The molecule has 1 heterocycles. The van der Waals surface area contributed by atoms with Crippen molar-refractivity contribution in [2.45, 2.75) is 55.5 Å². The van der Waals surface area contributed by atoms with Crippen LogP contribution in [0.3, 0.4) is 0 Å². The first kappa shape index (κ1) is 17.0. The number of imide groups is 1. The van der Waals surface area contributed by atoms with Crippen molar-refractivity contribution in [1.82, 2.24) is 4.90 Å². The first-order chi connectivity index (χ1) is 11.3. The molecule has 2 fully saturated rings. The number of carbonyl (C=O) groups excluding carboxylic acids is 2. The van der Waals surface area contributed by atoms with Crippen LogP contribution in [0.1, 0.15) is 38.5 Å². The van der Waals surface area contributed by atoms with Gasteiger partial charge in [0, 0.05) is 36.9 Å². The fraction of sp³-hybridized carbons (Fsp3) is 0.529.